The predicted molar refractivity (Wildman–Crippen MR) is 129 cm³/mol. The number of hydrogen-bond acceptors (Lipinski definition) is 5. The van der Waals surface area contributed by atoms with E-state index in [0.29, 0.717) is 28.6 Å². The third-order valence-electron chi connectivity index (χ3n) is 5.22. The van der Waals surface area contributed by atoms with Crippen LogP contribution in [0, 0.1) is 0 Å². The Labute approximate surface area is 191 Å². The van der Waals surface area contributed by atoms with Gasteiger partial charge < -0.3 is 29.8 Å². The van der Waals surface area contributed by atoms with Crippen molar-refractivity contribution in [3.8, 4) is 17.2 Å². The quantitative estimate of drug-likeness (QED) is 0.353. The van der Waals surface area contributed by atoms with Crippen molar-refractivity contribution in [3.63, 3.8) is 0 Å². The molecule has 0 aliphatic rings. The zero-order valence-electron chi connectivity index (χ0n) is 18.8. The smallest absolute Gasteiger partial charge is 0.323 e. The second-order valence-electron chi connectivity index (χ2n) is 7.39. The normalized spacial score (nSPS) is 10.6. The van der Waals surface area contributed by atoms with Gasteiger partial charge in [0.2, 0.25) is 5.75 Å². The van der Waals surface area contributed by atoms with Crippen LogP contribution in [0.25, 0.3) is 11.0 Å². The number of hydrogen-bond donors (Lipinski definition) is 3. The van der Waals surface area contributed by atoms with Crippen LogP contribution in [0.4, 0.5) is 16.2 Å². The second kappa shape index (κ2) is 9.95. The Morgan fingerprint density at radius 3 is 2.15 bits per heavy atom. The number of aryl methyl sites for hydroxylation is 2. The minimum atomic E-state index is -0.376. The topological polar surface area (TPSA) is 97.5 Å². The van der Waals surface area contributed by atoms with Crippen LogP contribution in [0.2, 0.25) is 0 Å². The van der Waals surface area contributed by atoms with Gasteiger partial charge in [-0.05, 0) is 36.2 Å². The molecule has 0 aliphatic carbocycles. The Balaban J connectivity index is 1.35. The van der Waals surface area contributed by atoms with E-state index in [9.17, 15) is 4.79 Å². The predicted octanol–water partition coefficient (Wildman–Crippen LogP) is 5.02. The number of benzene rings is 3. The lowest BCUT2D eigenvalue weighted by molar-refractivity contribution is 0.262. The molecule has 0 fully saturated rings. The van der Waals surface area contributed by atoms with Crippen LogP contribution in [0.1, 0.15) is 11.4 Å². The summed E-state index contributed by atoms with van der Waals surface area (Å²) in [7, 11) is 4.58. The lowest BCUT2D eigenvalue weighted by atomic mass is 10.1. The number of carbonyl (C=O) groups excluding carboxylic acids is 1. The minimum Gasteiger partial charge on any atom is -0.493 e. The van der Waals surface area contributed by atoms with Gasteiger partial charge in [-0.25, -0.2) is 9.78 Å². The van der Waals surface area contributed by atoms with Crippen molar-refractivity contribution in [2.75, 3.05) is 32.0 Å². The Morgan fingerprint density at radius 1 is 0.848 bits per heavy atom. The average molecular weight is 447 g/mol. The van der Waals surface area contributed by atoms with Gasteiger partial charge in [0.1, 0.15) is 5.82 Å². The fourth-order valence-electron chi connectivity index (χ4n) is 3.59. The van der Waals surface area contributed by atoms with Crippen molar-refractivity contribution in [1.82, 2.24) is 9.97 Å². The summed E-state index contributed by atoms with van der Waals surface area (Å²) < 4.78 is 15.9. The molecule has 3 aromatic carbocycles. The first-order valence-corrected chi connectivity index (χ1v) is 10.5. The molecular formula is C25H26N4O4. The van der Waals surface area contributed by atoms with E-state index in [-0.39, 0.29) is 6.03 Å². The number of amides is 2. The van der Waals surface area contributed by atoms with Gasteiger partial charge in [-0.2, -0.15) is 0 Å². The molecule has 8 heteroatoms. The van der Waals surface area contributed by atoms with E-state index in [4.69, 9.17) is 14.2 Å². The van der Waals surface area contributed by atoms with Crippen molar-refractivity contribution in [2.45, 2.75) is 12.8 Å². The number of carbonyl (C=O) groups is 1. The van der Waals surface area contributed by atoms with Crippen molar-refractivity contribution in [1.29, 1.82) is 0 Å². The van der Waals surface area contributed by atoms with Gasteiger partial charge in [-0.3, -0.25) is 0 Å². The Hall–Kier alpha value is -4.20. The van der Waals surface area contributed by atoms with Gasteiger partial charge in [-0.15, -0.1) is 0 Å². The highest BCUT2D eigenvalue weighted by Gasteiger charge is 2.14. The van der Waals surface area contributed by atoms with E-state index in [0.717, 1.165) is 35.3 Å². The summed E-state index contributed by atoms with van der Waals surface area (Å²) in [6.45, 7) is 0. The van der Waals surface area contributed by atoms with E-state index in [1.807, 2.05) is 48.5 Å². The summed E-state index contributed by atoms with van der Waals surface area (Å²) in [5.74, 6) is 2.34. The van der Waals surface area contributed by atoms with Gasteiger partial charge in [-0.1, -0.05) is 24.3 Å². The number of anilines is 2. The standard InChI is InChI=1S/C25H26N4O4/c1-31-21-14-18(15-22(32-2)24(21)33-3)27-25(30)26-17-11-8-16(9-12-17)10-13-23-28-19-6-4-5-7-20(19)29-23/h4-9,11-12,14-15H,10,13H2,1-3H3,(H,28,29)(H2,26,27,30). The molecule has 0 bridgehead atoms. The maximum atomic E-state index is 12.5. The Bertz CT molecular complexity index is 1190. The molecule has 0 saturated heterocycles. The summed E-state index contributed by atoms with van der Waals surface area (Å²) >= 11 is 0. The fourth-order valence-corrected chi connectivity index (χ4v) is 3.59. The summed E-state index contributed by atoms with van der Waals surface area (Å²) in [5.41, 5.74) is 4.39. The summed E-state index contributed by atoms with van der Waals surface area (Å²) in [6, 6.07) is 18.7. The van der Waals surface area contributed by atoms with E-state index in [1.165, 1.54) is 21.3 Å². The number of aromatic amines is 1. The number of nitrogens with zero attached hydrogens (tertiary/aromatic N) is 1. The molecule has 2 amide bonds. The lowest BCUT2D eigenvalue weighted by Gasteiger charge is -2.15. The van der Waals surface area contributed by atoms with Crippen LogP contribution < -0.4 is 24.8 Å². The van der Waals surface area contributed by atoms with Crippen LogP contribution in [0.15, 0.2) is 60.7 Å². The average Bonchev–Trinajstić information content (AvgIpc) is 3.26. The number of para-hydroxylation sites is 2. The molecule has 8 nitrogen and oxygen atoms in total. The molecule has 0 atom stereocenters. The number of rotatable bonds is 8. The molecule has 33 heavy (non-hydrogen) atoms. The number of nitrogens with one attached hydrogen (secondary N) is 3. The lowest BCUT2D eigenvalue weighted by Crippen LogP contribution is -2.19. The first kappa shape index (κ1) is 22.0. The number of ether oxygens (including phenoxy) is 3. The monoisotopic (exact) mass is 446 g/mol. The fraction of sp³-hybridized carbons (Fsp3) is 0.200. The minimum absolute atomic E-state index is 0.376. The summed E-state index contributed by atoms with van der Waals surface area (Å²) in [4.78, 5) is 20.4. The molecule has 3 N–H and O–H groups in total. The molecule has 4 rings (SSSR count). The van der Waals surface area contributed by atoms with E-state index >= 15 is 0 Å². The SMILES string of the molecule is COc1cc(NC(=O)Nc2ccc(CCc3nc4ccccc4[nH]3)cc2)cc(OC)c1OC. The zero-order valence-corrected chi connectivity index (χ0v) is 18.8. The number of imidazole rings is 1. The Kier molecular flexibility index (Phi) is 6.64. The van der Waals surface area contributed by atoms with Crippen molar-refractivity contribution in [2.24, 2.45) is 0 Å². The number of methoxy groups -OCH3 is 3. The molecule has 1 heterocycles. The Morgan fingerprint density at radius 2 is 1.52 bits per heavy atom. The van der Waals surface area contributed by atoms with Gasteiger partial charge in [0.15, 0.2) is 11.5 Å². The van der Waals surface area contributed by atoms with Crippen molar-refractivity contribution >= 4 is 28.4 Å². The van der Waals surface area contributed by atoms with Crippen molar-refractivity contribution in [3.05, 3.63) is 72.1 Å². The van der Waals surface area contributed by atoms with Crippen LogP contribution >= 0.6 is 0 Å². The third kappa shape index (κ3) is 5.17. The summed E-state index contributed by atoms with van der Waals surface area (Å²) in [6.07, 6.45) is 1.65. The van der Waals surface area contributed by atoms with Crippen LogP contribution in [0.5, 0.6) is 17.2 Å². The molecular weight excluding hydrogens is 420 g/mol. The molecule has 0 saturated carbocycles. The van der Waals surface area contributed by atoms with Gasteiger partial charge in [0, 0.05) is 24.2 Å². The van der Waals surface area contributed by atoms with Gasteiger partial charge in [0.05, 0.1) is 38.1 Å². The summed E-state index contributed by atoms with van der Waals surface area (Å²) in [5, 5.41) is 5.62. The highest BCUT2D eigenvalue weighted by Crippen LogP contribution is 2.39. The molecule has 0 radical (unpaired) electrons. The van der Waals surface area contributed by atoms with Crippen LogP contribution in [0.3, 0.4) is 0 Å². The van der Waals surface area contributed by atoms with Crippen LogP contribution in [-0.4, -0.2) is 37.3 Å². The molecule has 4 aromatic rings. The number of urea groups is 1. The maximum absolute atomic E-state index is 12.5. The zero-order chi connectivity index (χ0) is 23.2. The molecule has 170 valence electrons. The first-order valence-electron chi connectivity index (χ1n) is 10.5. The molecule has 1 aromatic heterocycles. The molecule has 0 unspecified atom stereocenters. The first-order chi connectivity index (χ1) is 16.1. The highest BCUT2D eigenvalue weighted by atomic mass is 16.5. The maximum Gasteiger partial charge on any atom is 0.323 e. The van der Waals surface area contributed by atoms with Gasteiger partial charge >= 0.3 is 6.03 Å². The van der Waals surface area contributed by atoms with Gasteiger partial charge in [0.25, 0.3) is 0 Å². The highest BCUT2D eigenvalue weighted by molar-refractivity contribution is 6.00. The van der Waals surface area contributed by atoms with E-state index in [1.54, 1.807) is 12.1 Å². The third-order valence-corrected chi connectivity index (χ3v) is 5.22. The number of aromatic nitrogens is 2. The largest absolute Gasteiger partial charge is 0.493 e. The van der Waals surface area contributed by atoms with Crippen molar-refractivity contribution < 1.29 is 19.0 Å². The van der Waals surface area contributed by atoms with Crippen LogP contribution in [-0.2, 0) is 12.8 Å². The second-order valence-corrected chi connectivity index (χ2v) is 7.39. The molecule has 0 aliphatic heterocycles. The number of fused-ring (bicyclic) bond motifs is 1. The van der Waals surface area contributed by atoms with E-state index in [2.05, 4.69) is 20.6 Å². The number of H-pyrrole nitrogens is 1. The molecule has 0 spiro atoms. The van der Waals surface area contributed by atoms with E-state index < -0.39 is 0 Å².